The van der Waals surface area contributed by atoms with Crippen molar-refractivity contribution in [2.45, 2.75) is 20.4 Å². The topological polar surface area (TPSA) is 64.9 Å². The molecule has 0 bridgehead atoms. The maximum absolute atomic E-state index is 5.88. The standard InChI is InChI=1S/C18H21N5O/c1-14(2)13-24-17-11-7-6-8-15(17)12-19-18-20-21-22-23(18)16-9-4-3-5-10-16/h3-11,14H,12-13H2,1-2H3,(H,19,20,22). The number of nitrogens with one attached hydrogen (secondary N) is 1. The van der Waals surface area contributed by atoms with Crippen molar-refractivity contribution < 1.29 is 4.74 Å². The summed E-state index contributed by atoms with van der Waals surface area (Å²) in [6.45, 7) is 5.55. The van der Waals surface area contributed by atoms with Crippen molar-refractivity contribution in [3.8, 4) is 11.4 Å². The number of nitrogens with zero attached hydrogens (tertiary/aromatic N) is 4. The van der Waals surface area contributed by atoms with E-state index in [0.29, 0.717) is 25.0 Å². The molecule has 2 aromatic carbocycles. The number of tetrazole rings is 1. The van der Waals surface area contributed by atoms with Crippen molar-refractivity contribution >= 4 is 5.95 Å². The fourth-order valence-electron chi connectivity index (χ4n) is 2.26. The number of rotatable bonds is 7. The van der Waals surface area contributed by atoms with Crippen molar-refractivity contribution in [3.63, 3.8) is 0 Å². The monoisotopic (exact) mass is 323 g/mol. The van der Waals surface area contributed by atoms with Crippen molar-refractivity contribution in [1.29, 1.82) is 0 Å². The molecule has 0 aliphatic carbocycles. The van der Waals surface area contributed by atoms with Crippen molar-refractivity contribution in [2.75, 3.05) is 11.9 Å². The minimum absolute atomic E-state index is 0.483. The molecule has 0 amide bonds. The van der Waals surface area contributed by atoms with Crippen molar-refractivity contribution in [2.24, 2.45) is 5.92 Å². The molecule has 0 aliphatic rings. The Bertz CT molecular complexity index is 770. The lowest BCUT2D eigenvalue weighted by Crippen LogP contribution is -2.10. The van der Waals surface area contributed by atoms with Gasteiger partial charge in [-0.1, -0.05) is 55.3 Å². The summed E-state index contributed by atoms with van der Waals surface area (Å²) in [5, 5.41) is 15.1. The molecule has 0 unspecified atom stereocenters. The molecule has 0 spiro atoms. The highest BCUT2D eigenvalue weighted by Crippen LogP contribution is 2.20. The molecule has 6 nitrogen and oxygen atoms in total. The molecule has 0 saturated heterocycles. The highest BCUT2D eigenvalue weighted by Gasteiger charge is 2.09. The third kappa shape index (κ3) is 3.90. The molecule has 0 fully saturated rings. The van der Waals surface area contributed by atoms with Crippen LogP contribution in [0.25, 0.3) is 5.69 Å². The lowest BCUT2D eigenvalue weighted by Gasteiger charge is -2.13. The molecule has 124 valence electrons. The molecule has 1 heterocycles. The van der Waals surface area contributed by atoms with Gasteiger partial charge in [0.2, 0.25) is 5.95 Å². The first-order valence-electron chi connectivity index (χ1n) is 8.02. The molecule has 3 aromatic rings. The van der Waals surface area contributed by atoms with Gasteiger partial charge in [-0.3, -0.25) is 0 Å². The summed E-state index contributed by atoms with van der Waals surface area (Å²) in [5.41, 5.74) is 1.98. The molecule has 24 heavy (non-hydrogen) atoms. The van der Waals surface area contributed by atoms with Gasteiger partial charge in [0.1, 0.15) is 5.75 Å². The summed E-state index contributed by atoms with van der Waals surface area (Å²) in [5.74, 6) is 1.97. The fraction of sp³-hybridized carbons (Fsp3) is 0.278. The Labute approximate surface area is 141 Å². The Morgan fingerprint density at radius 1 is 1.04 bits per heavy atom. The van der Waals surface area contributed by atoms with Crippen LogP contribution >= 0.6 is 0 Å². The average Bonchev–Trinajstić information content (AvgIpc) is 3.08. The highest BCUT2D eigenvalue weighted by molar-refractivity contribution is 5.41. The second kappa shape index (κ2) is 7.59. The molecular weight excluding hydrogens is 302 g/mol. The van der Waals surface area contributed by atoms with Crippen LogP contribution < -0.4 is 10.1 Å². The maximum Gasteiger partial charge on any atom is 0.248 e. The number of para-hydroxylation sites is 2. The molecule has 0 aliphatic heterocycles. The van der Waals surface area contributed by atoms with E-state index < -0.39 is 0 Å². The van der Waals surface area contributed by atoms with E-state index in [0.717, 1.165) is 17.0 Å². The smallest absolute Gasteiger partial charge is 0.248 e. The zero-order chi connectivity index (χ0) is 16.8. The second-order valence-corrected chi connectivity index (χ2v) is 5.92. The van der Waals surface area contributed by atoms with Gasteiger partial charge >= 0.3 is 0 Å². The number of ether oxygens (including phenoxy) is 1. The molecule has 0 saturated carbocycles. The largest absolute Gasteiger partial charge is 0.493 e. The van der Waals surface area contributed by atoms with Gasteiger partial charge < -0.3 is 10.1 Å². The van der Waals surface area contributed by atoms with Crippen LogP contribution in [0, 0.1) is 5.92 Å². The lowest BCUT2D eigenvalue weighted by atomic mass is 10.2. The van der Waals surface area contributed by atoms with Gasteiger partial charge in [0.25, 0.3) is 0 Å². The highest BCUT2D eigenvalue weighted by atomic mass is 16.5. The van der Waals surface area contributed by atoms with E-state index >= 15 is 0 Å². The van der Waals surface area contributed by atoms with E-state index in [1.807, 2.05) is 54.6 Å². The molecule has 6 heteroatoms. The van der Waals surface area contributed by atoms with Gasteiger partial charge in [-0.05, 0) is 34.5 Å². The summed E-state index contributed by atoms with van der Waals surface area (Å²) in [6.07, 6.45) is 0. The number of anilines is 1. The van der Waals surface area contributed by atoms with Gasteiger partial charge in [0.05, 0.1) is 12.3 Å². The Kier molecular flexibility index (Phi) is 5.05. The third-order valence-electron chi connectivity index (χ3n) is 3.45. The lowest BCUT2D eigenvalue weighted by molar-refractivity contribution is 0.269. The summed E-state index contributed by atoms with van der Waals surface area (Å²) in [7, 11) is 0. The van der Waals surface area contributed by atoms with Crippen LogP contribution in [0.3, 0.4) is 0 Å². The van der Waals surface area contributed by atoms with Crippen LogP contribution in [-0.4, -0.2) is 26.8 Å². The van der Waals surface area contributed by atoms with Gasteiger partial charge in [-0.15, -0.1) is 0 Å². The summed E-state index contributed by atoms with van der Waals surface area (Å²) >= 11 is 0. The Morgan fingerprint density at radius 2 is 1.79 bits per heavy atom. The van der Waals surface area contributed by atoms with E-state index in [4.69, 9.17) is 4.74 Å². The van der Waals surface area contributed by atoms with E-state index in [1.54, 1.807) is 4.68 Å². The molecule has 1 N–H and O–H groups in total. The van der Waals surface area contributed by atoms with Gasteiger partial charge in [-0.25, -0.2) is 0 Å². The third-order valence-corrected chi connectivity index (χ3v) is 3.45. The normalized spacial score (nSPS) is 10.8. The van der Waals surface area contributed by atoms with Gasteiger partial charge in [-0.2, -0.15) is 4.68 Å². The SMILES string of the molecule is CC(C)COc1ccccc1CNc1nnnn1-c1ccccc1. The van der Waals surface area contributed by atoms with Crippen LogP contribution in [0.4, 0.5) is 5.95 Å². The first-order chi connectivity index (χ1) is 11.7. The molecule has 1 aromatic heterocycles. The quantitative estimate of drug-likeness (QED) is 0.722. The van der Waals surface area contributed by atoms with Gasteiger partial charge in [0, 0.05) is 12.1 Å². The molecule has 3 rings (SSSR count). The maximum atomic E-state index is 5.88. The van der Waals surface area contributed by atoms with Crippen LogP contribution in [0.2, 0.25) is 0 Å². The predicted octanol–water partition coefficient (Wildman–Crippen LogP) is 3.31. The van der Waals surface area contributed by atoms with Crippen LogP contribution in [0.5, 0.6) is 5.75 Å². The zero-order valence-corrected chi connectivity index (χ0v) is 13.9. The van der Waals surface area contributed by atoms with Crippen LogP contribution in [0.1, 0.15) is 19.4 Å². The van der Waals surface area contributed by atoms with Crippen molar-refractivity contribution in [3.05, 3.63) is 60.2 Å². The number of hydrogen-bond acceptors (Lipinski definition) is 5. The van der Waals surface area contributed by atoms with Crippen LogP contribution in [-0.2, 0) is 6.54 Å². The molecule has 0 radical (unpaired) electrons. The van der Waals surface area contributed by atoms with E-state index in [1.165, 1.54) is 0 Å². The minimum atomic E-state index is 0.483. The average molecular weight is 323 g/mol. The first kappa shape index (κ1) is 16.0. The summed E-state index contributed by atoms with van der Waals surface area (Å²) < 4.78 is 7.56. The van der Waals surface area contributed by atoms with E-state index in [9.17, 15) is 0 Å². The van der Waals surface area contributed by atoms with Crippen molar-refractivity contribution in [1.82, 2.24) is 20.2 Å². The summed E-state index contributed by atoms with van der Waals surface area (Å²) in [6, 6.07) is 17.8. The Hall–Kier alpha value is -2.89. The number of benzene rings is 2. The molecular formula is C18H21N5O. The number of hydrogen-bond donors (Lipinski definition) is 1. The predicted molar refractivity (Wildman–Crippen MR) is 93.3 cm³/mol. The van der Waals surface area contributed by atoms with Gasteiger partial charge in [0.15, 0.2) is 0 Å². The fourth-order valence-corrected chi connectivity index (χ4v) is 2.26. The number of aromatic nitrogens is 4. The van der Waals surface area contributed by atoms with E-state index in [-0.39, 0.29) is 0 Å². The zero-order valence-electron chi connectivity index (χ0n) is 13.9. The second-order valence-electron chi connectivity index (χ2n) is 5.92. The van der Waals surface area contributed by atoms with E-state index in [2.05, 4.69) is 34.7 Å². The van der Waals surface area contributed by atoms with Crippen LogP contribution in [0.15, 0.2) is 54.6 Å². The Morgan fingerprint density at radius 3 is 2.58 bits per heavy atom. The Balaban J connectivity index is 1.72. The summed E-state index contributed by atoms with van der Waals surface area (Å²) in [4.78, 5) is 0. The molecule has 0 atom stereocenters. The minimum Gasteiger partial charge on any atom is -0.493 e. The first-order valence-corrected chi connectivity index (χ1v) is 8.02.